The van der Waals surface area contributed by atoms with Crippen molar-refractivity contribution in [2.24, 2.45) is 0 Å². The maximum absolute atomic E-state index is 5.81. The molecule has 0 bridgehead atoms. The van der Waals surface area contributed by atoms with Gasteiger partial charge >= 0.3 is 0 Å². The van der Waals surface area contributed by atoms with Gasteiger partial charge in [0.25, 0.3) is 0 Å². The summed E-state index contributed by atoms with van der Waals surface area (Å²) in [7, 11) is 0. The molecule has 0 saturated heterocycles. The molecule has 0 aliphatic heterocycles. The molecule has 0 spiro atoms. The lowest BCUT2D eigenvalue weighted by Gasteiger charge is -2.06. The number of fused-ring (bicyclic) bond motifs is 1. The zero-order valence-electron chi connectivity index (χ0n) is 12.4. The maximum atomic E-state index is 5.81. The van der Waals surface area contributed by atoms with Crippen LogP contribution in [0.3, 0.4) is 0 Å². The molecular weight excluding hydrogens is 288 g/mol. The van der Waals surface area contributed by atoms with Crippen LogP contribution >= 0.6 is 0 Å². The number of hydrogen-bond acceptors (Lipinski definition) is 4. The predicted molar refractivity (Wildman–Crippen MR) is 91.9 cm³/mol. The minimum absolute atomic E-state index is 0.664. The van der Waals surface area contributed by atoms with E-state index in [-0.39, 0.29) is 0 Å². The SMILES string of the molecule is Nc1cccc(CNc2cn[nH]c2-c2nc3ccccc3[nH]2)c1. The van der Waals surface area contributed by atoms with Gasteiger partial charge in [-0.3, -0.25) is 5.10 Å². The second-order valence-corrected chi connectivity index (χ2v) is 5.36. The molecule has 0 unspecified atom stereocenters. The number of nitrogen functional groups attached to an aromatic ring is 1. The van der Waals surface area contributed by atoms with Gasteiger partial charge in [0.2, 0.25) is 0 Å². The van der Waals surface area contributed by atoms with Crippen molar-refractivity contribution in [1.82, 2.24) is 20.2 Å². The Morgan fingerprint density at radius 3 is 2.87 bits per heavy atom. The van der Waals surface area contributed by atoms with E-state index < -0.39 is 0 Å². The number of H-pyrrole nitrogens is 2. The number of benzene rings is 2. The normalized spacial score (nSPS) is 11.0. The molecule has 6 nitrogen and oxygen atoms in total. The molecule has 2 heterocycles. The summed E-state index contributed by atoms with van der Waals surface area (Å²) in [5.41, 5.74) is 11.3. The monoisotopic (exact) mass is 304 g/mol. The smallest absolute Gasteiger partial charge is 0.158 e. The number of aromatic nitrogens is 4. The zero-order chi connectivity index (χ0) is 15.6. The fraction of sp³-hybridized carbons (Fsp3) is 0.0588. The van der Waals surface area contributed by atoms with Crippen LogP contribution < -0.4 is 11.1 Å². The van der Waals surface area contributed by atoms with E-state index in [1.165, 1.54) is 0 Å². The Balaban J connectivity index is 1.60. The zero-order valence-corrected chi connectivity index (χ0v) is 12.4. The van der Waals surface area contributed by atoms with Gasteiger partial charge in [-0.25, -0.2) is 4.98 Å². The number of anilines is 2. The molecule has 0 aliphatic rings. The van der Waals surface area contributed by atoms with Crippen molar-refractivity contribution >= 4 is 22.4 Å². The molecule has 6 heteroatoms. The average Bonchev–Trinajstić information content (AvgIpc) is 3.19. The van der Waals surface area contributed by atoms with Crippen molar-refractivity contribution in [2.75, 3.05) is 11.1 Å². The van der Waals surface area contributed by atoms with E-state index in [1.807, 2.05) is 48.5 Å². The summed E-state index contributed by atoms with van der Waals surface area (Å²) in [6.07, 6.45) is 1.76. The quantitative estimate of drug-likeness (QED) is 0.436. The first-order valence-electron chi connectivity index (χ1n) is 7.36. The van der Waals surface area contributed by atoms with Gasteiger partial charge in [-0.1, -0.05) is 24.3 Å². The summed E-state index contributed by atoms with van der Waals surface area (Å²) in [6.45, 7) is 0.664. The number of imidazole rings is 1. The minimum atomic E-state index is 0.664. The van der Waals surface area contributed by atoms with Gasteiger partial charge in [-0.05, 0) is 29.8 Å². The molecule has 0 aliphatic carbocycles. The first-order valence-corrected chi connectivity index (χ1v) is 7.36. The van der Waals surface area contributed by atoms with Crippen LogP contribution in [0.2, 0.25) is 0 Å². The Kier molecular flexibility index (Phi) is 3.20. The molecular formula is C17H16N6. The van der Waals surface area contributed by atoms with Crippen LogP contribution in [0.15, 0.2) is 54.7 Å². The van der Waals surface area contributed by atoms with Gasteiger partial charge in [-0.2, -0.15) is 5.10 Å². The predicted octanol–water partition coefficient (Wildman–Crippen LogP) is 3.15. The lowest BCUT2D eigenvalue weighted by atomic mass is 10.2. The van der Waals surface area contributed by atoms with Gasteiger partial charge in [0.05, 0.1) is 22.9 Å². The van der Waals surface area contributed by atoms with Crippen LogP contribution in [-0.4, -0.2) is 20.2 Å². The van der Waals surface area contributed by atoms with E-state index in [0.717, 1.165) is 39.5 Å². The van der Waals surface area contributed by atoms with Gasteiger partial charge in [0, 0.05) is 12.2 Å². The molecule has 0 fully saturated rings. The van der Waals surface area contributed by atoms with Crippen LogP contribution in [0.25, 0.3) is 22.6 Å². The van der Waals surface area contributed by atoms with Gasteiger partial charge in [0.1, 0.15) is 5.69 Å². The molecule has 114 valence electrons. The van der Waals surface area contributed by atoms with Crippen LogP contribution in [0.5, 0.6) is 0 Å². The fourth-order valence-electron chi connectivity index (χ4n) is 2.57. The third kappa shape index (κ3) is 2.62. The molecule has 5 N–H and O–H groups in total. The third-order valence-electron chi connectivity index (χ3n) is 3.70. The van der Waals surface area contributed by atoms with Crippen molar-refractivity contribution in [3.05, 3.63) is 60.3 Å². The van der Waals surface area contributed by atoms with Gasteiger partial charge in [-0.15, -0.1) is 0 Å². The van der Waals surface area contributed by atoms with E-state index in [0.29, 0.717) is 6.54 Å². The van der Waals surface area contributed by atoms with E-state index in [4.69, 9.17) is 5.73 Å². The highest BCUT2D eigenvalue weighted by Gasteiger charge is 2.11. The Morgan fingerprint density at radius 2 is 2.00 bits per heavy atom. The van der Waals surface area contributed by atoms with Crippen LogP contribution in [0, 0.1) is 0 Å². The molecule has 4 aromatic rings. The molecule has 0 atom stereocenters. The largest absolute Gasteiger partial charge is 0.399 e. The average molecular weight is 304 g/mol. The summed E-state index contributed by atoms with van der Waals surface area (Å²) in [6, 6.07) is 15.7. The molecule has 4 rings (SSSR count). The van der Waals surface area contributed by atoms with E-state index in [9.17, 15) is 0 Å². The van der Waals surface area contributed by atoms with Gasteiger partial charge < -0.3 is 16.0 Å². The first kappa shape index (κ1) is 13.4. The van der Waals surface area contributed by atoms with E-state index >= 15 is 0 Å². The van der Waals surface area contributed by atoms with Crippen molar-refractivity contribution in [3.63, 3.8) is 0 Å². The molecule has 2 aromatic carbocycles. The van der Waals surface area contributed by atoms with Crippen molar-refractivity contribution in [3.8, 4) is 11.5 Å². The van der Waals surface area contributed by atoms with Crippen molar-refractivity contribution < 1.29 is 0 Å². The van der Waals surface area contributed by atoms with E-state index in [2.05, 4.69) is 25.5 Å². The van der Waals surface area contributed by atoms with Gasteiger partial charge in [0.15, 0.2) is 5.82 Å². The fourth-order valence-corrected chi connectivity index (χ4v) is 2.57. The molecule has 2 aromatic heterocycles. The first-order chi connectivity index (χ1) is 11.3. The number of hydrogen-bond donors (Lipinski definition) is 4. The summed E-state index contributed by atoms with van der Waals surface area (Å²) < 4.78 is 0. The molecule has 0 saturated carbocycles. The second-order valence-electron chi connectivity index (χ2n) is 5.36. The van der Waals surface area contributed by atoms with Crippen LogP contribution in [-0.2, 0) is 6.54 Å². The third-order valence-corrected chi connectivity index (χ3v) is 3.70. The molecule has 0 amide bonds. The number of aromatic amines is 2. The summed E-state index contributed by atoms with van der Waals surface area (Å²) in [5.74, 6) is 0.763. The molecule has 0 radical (unpaired) electrons. The Hall–Kier alpha value is -3.28. The lowest BCUT2D eigenvalue weighted by molar-refractivity contribution is 1.08. The summed E-state index contributed by atoms with van der Waals surface area (Å²) in [5, 5.41) is 10.5. The highest BCUT2D eigenvalue weighted by atomic mass is 15.2. The second kappa shape index (κ2) is 5.49. The number of para-hydroxylation sites is 2. The summed E-state index contributed by atoms with van der Waals surface area (Å²) >= 11 is 0. The Labute approximate surface area is 132 Å². The maximum Gasteiger partial charge on any atom is 0.158 e. The number of rotatable bonds is 4. The topological polar surface area (TPSA) is 95.4 Å². The minimum Gasteiger partial charge on any atom is -0.399 e. The standard InChI is InChI=1S/C17H16N6/c18-12-5-3-4-11(8-12)9-19-15-10-20-23-16(15)17-21-13-6-1-2-7-14(13)22-17/h1-8,10,19H,9,18H2,(H,20,23)(H,21,22). The van der Waals surface area contributed by atoms with Crippen molar-refractivity contribution in [1.29, 1.82) is 0 Å². The Bertz CT molecular complexity index is 919. The van der Waals surface area contributed by atoms with Crippen molar-refractivity contribution in [2.45, 2.75) is 6.54 Å². The van der Waals surface area contributed by atoms with Crippen LogP contribution in [0.1, 0.15) is 5.56 Å². The highest BCUT2D eigenvalue weighted by Crippen LogP contribution is 2.25. The summed E-state index contributed by atoms with van der Waals surface area (Å²) in [4.78, 5) is 7.90. The van der Waals surface area contributed by atoms with Crippen LogP contribution in [0.4, 0.5) is 11.4 Å². The highest BCUT2D eigenvalue weighted by molar-refractivity contribution is 5.81. The number of nitrogens with zero attached hydrogens (tertiary/aromatic N) is 2. The Morgan fingerprint density at radius 1 is 1.09 bits per heavy atom. The lowest BCUT2D eigenvalue weighted by Crippen LogP contribution is -2.00. The molecule has 23 heavy (non-hydrogen) atoms. The number of nitrogens with two attached hydrogens (primary N) is 1. The number of nitrogens with one attached hydrogen (secondary N) is 3. The van der Waals surface area contributed by atoms with E-state index in [1.54, 1.807) is 6.20 Å².